The molecular weight excluding hydrogens is 470 g/mol. The topological polar surface area (TPSA) is 132 Å². The van der Waals surface area contributed by atoms with Crippen LogP contribution in [0.5, 0.6) is 0 Å². The van der Waals surface area contributed by atoms with E-state index in [2.05, 4.69) is 0 Å². The number of aldehydes is 1. The summed E-state index contributed by atoms with van der Waals surface area (Å²) in [5, 5.41) is 9.25. The van der Waals surface area contributed by atoms with Gasteiger partial charge in [0.2, 0.25) is 0 Å². The van der Waals surface area contributed by atoms with Crippen LogP contribution < -0.4 is 17.2 Å². The molecule has 2 rings (SSSR count). The highest BCUT2D eigenvalue weighted by molar-refractivity contribution is 6.36. The lowest BCUT2D eigenvalue weighted by molar-refractivity contribution is -0.139. The highest BCUT2D eigenvalue weighted by atomic mass is 35.5. The average molecular weight is 496 g/mol. The van der Waals surface area contributed by atoms with Gasteiger partial charge in [-0.15, -0.1) is 0 Å². The van der Waals surface area contributed by atoms with E-state index in [1.54, 1.807) is 12.1 Å². The van der Waals surface area contributed by atoms with Crippen LogP contribution in [0.2, 0.25) is 10.0 Å². The second-order valence-corrected chi connectivity index (χ2v) is 7.22. The lowest BCUT2D eigenvalue weighted by atomic mass is 10.1. The van der Waals surface area contributed by atoms with E-state index < -0.39 is 23.8 Å². The zero-order valence-electron chi connectivity index (χ0n) is 17.1. The fourth-order valence-corrected chi connectivity index (χ4v) is 2.66. The lowest BCUT2D eigenvalue weighted by Crippen LogP contribution is -2.29. The molecule has 6 nitrogen and oxygen atoms in total. The van der Waals surface area contributed by atoms with Gasteiger partial charge in [0, 0.05) is 17.1 Å². The predicted molar refractivity (Wildman–Crippen MR) is 120 cm³/mol. The summed E-state index contributed by atoms with van der Waals surface area (Å²) in [4.78, 5) is 20.3. The van der Waals surface area contributed by atoms with E-state index in [1.165, 1.54) is 24.3 Å². The Morgan fingerprint density at radius 2 is 1.72 bits per heavy atom. The van der Waals surface area contributed by atoms with Crippen LogP contribution in [-0.2, 0) is 17.5 Å². The summed E-state index contributed by atoms with van der Waals surface area (Å²) in [5.41, 5.74) is 15.5. The summed E-state index contributed by atoms with van der Waals surface area (Å²) >= 11 is 11.2. The maximum absolute atomic E-state index is 12.2. The number of carbonyl (C=O) groups excluding carboxylic acids is 1. The Balaban J connectivity index is 0.000000454. The van der Waals surface area contributed by atoms with E-state index in [0.29, 0.717) is 34.9 Å². The molecule has 2 aromatic carbocycles. The number of carboxylic acids is 1. The third-order valence-electron chi connectivity index (χ3n) is 3.92. The van der Waals surface area contributed by atoms with Gasteiger partial charge >= 0.3 is 12.1 Å². The van der Waals surface area contributed by atoms with Gasteiger partial charge in [0.1, 0.15) is 6.04 Å². The molecule has 0 saturated heterocycles. The van der Waals surface area contributed by atoms with Gasteiger partial charge in [0.15, 0.2) is 6.29 Å². The Morgan fingerprint density at radius 3 is 2.16 bits per heavy atom. The van der Waals surface area contributed by atoms with Crippen LogP contribution in [0.1, 0.15) is 40.7 Å². The van der Waals surface area contributed by atoms with Gasteiger partial charge in [-0.25, -0.2) is 0 Å². The van der Waals surface area contributed by atoms with E-state index in [9.17, 15) is 22.8 Å². The SMILES string of the molecule is NCCCC[C@H](N)C(=O)O.NCc1ccccc1C(F)(F)F.O=Cc1ccc(Cl)cc1Cl. The number of hydrogen-bond acceptors (Lipinski definition) is 5. The Morgan fingerprint density at radius 1 is 1.09 bits per heavy atom. The third kappa shape index (κ3) is 12.0. The minimum Gasteiger partial charge on any atom is -0.480 e. The third-order valence-corrected chi connectivity index (χ3v) is 4.48. The number of carboxylic acid groups (broad SMARTS) is 1. The first-order chi connectivity index (χ1) is 15.0. The Bertz CT molecular complexity index is 853. The molecule has 0 aliphatic rings. The molecule has 0 fully saturated rings. The molecule has 0 saturated carbocycles. The highest BCUT2D eigenvalue weighted by Gasteiger charge is 2.32. The highest BCUT2D eigenvalue weighted by Crippen LogP contribution is 2.31. The second kappa shape index (κ2) is 15.6. The van der Waals surface area contributed by atoms with Crippen LogP contribution in [0.3, 0.4) is 0 Å². The van der Waals surface area contributed by atoms with Gasteiger partial charge in [-0.3, -0.25) is 9.59 Å². The van der Waals surface area contributed by atoms with Crippen LogP contribution in [-0.4, -0.2) is 29.9 Å². The van der Waals surface area contributed by atoms with E-state index >= 15 is 0 Å². The van der Waals surface area contributed by atoms with Gasteiger partial charge in [-0.2, -0.15) is 13.2 Å². The van der Waals surface area contributed by atoms with Crippen molar-refractivity contribution in [1.29, 1.82) is 0 Å². The summed E-state index contributed by atoms with van der Waals surface area (Å²) < 4.78 is 36.5. The quantitative estimate of drug-likeness (QED) is 0.330. The maximum atomic E-state index is 12.2. The van der Waals surface area contributed by atoms with E-state index in [1.807, 2.05) is 0 Å². The van der Waals surface area contributed by atoms with Crippen molar-refractivity contribution in [2.24, 2.45) is 17.2 Å². The Labute approximate surface area is 194 Å². The molecule has 0 bridgehead atoms. The molecule has 0 heterocycles. The fraction of sp³-hybridized carbons (Fsp3) is 0.333. The number of nitrogens with two attached hydrogens (primary N) is 3. The number of unbranched alkanes of at least 4 members (excludes halogenated alkanes) is 1. The zero-order chi connectivity index (χ0) is 24.7. The predicted octanol–water partition coefficient (Wildman–Crippen LogP) is 4.50. The summed E-state index contributed by atoms with van der Waals surface area (Å²) in [6.07, 6.45) is -1.44. The van der Waals surface area contributed by atoms with Crippen molar-refractivity contribution in [3.8, 4) is 0 Å². The Kier molecular flexibility index (Phi) is 14.5. The van der Waals surface area contributed by atoms with E-state index in [4.69, 9.17) is 45.5 Å². The molecule has 0 spiro atoms. The van der Waals surface area contributed by atoms with Crippen molar-refractivity contribution in [1.82, 2.24) is 0 Å². The number of hydrogen-bond donors (Lipinski definition) is 4. The molecule has 0 unspecified atom stereocenters. The second-order valence-electron chi connectivity index (χ2n) is 6.37. The molecular formula is C21H26Cl2F3N3O3. The molecule has 0 aromatic heterocycles. The first-order valence-electron chi connectivity index (χ1n) is 9.41. The van der Waals surface area contributed by atoms with Crippen molar-refractivity contribution >= 4 is 35.5 Å². The van der Waals surface area contributed by atoms with Crippen LogP contribution in [0.15, 0.2) is 42.5 Å². The number of carbonyl (C=O) groups is 2. The van der Waals surface area contributed by atoms with E-state index in [0.717, 1.165) is 18.9 Å². The largest absolute Gasteiger partial charge is 0.480 e. The molecule has 0 aliphatic carbocycles. The lowest BCUT2D eigenvalue weighted by Gasteiger charge is -2.10. The molecule has 178 valence electrons. The minimum atomic E-state index is -4.30. The number of rotatable bonds is 7. The van der Waals surface area contributed by atoms with Crippen LogP contribution in [0, 0.1) is 0 Å². The van der Waals surface area contributed by atoms with Gasteiger partial charge < -0.3 is 22.3 Å². The van der Waals surface area contributed by atoms with Crippen LogP contribution in [0.25, 0.3) is 0 Å². The zero-order valence-corrected chi connectivity index (χ0v) is 18.6. The van der Waals surface area contributed by atoms with Crippen molar-refractivity contribution in [2.45, 2.75) is 38.0 Å². The van der Waals surface area contributed by atoms with Gasteiger partial charge in [0.05, 0.1) is 10.6 Å². The van der Waals surface area contributed by atoms with Gasteiger partial charge in [-0.1, -0.05) is 47.8 Å². The standard InChI is InChI=1S/C8H8F3N.C7H4Cl2O.C6H14N2O2/c9-8(10,11)7-4-2-1-3-6(7)5-12;8-6-2-1-5(4-10)7(9)3-6;7-4-2-1-3-5(8)6(9)10/h1-4H,5,12H2;1-4H;5H,1-4,7-8H2,(H,9,10)/t;;5-/m..0/s1. The van der Waals surface area contributed by atoms with Crippen LogP contribution in [0.4, 0.5) is 13.2 Å². The van der Waals surface area contributed by atoms with E-state index in [-0.39, 0.29) is 12.1 Å². The van der Waals surface area contributed by atoms with Crippen molar-refractivity contribution in [3.05, 3.63) is 69.2 Å². The number of aliphatic carboxylic acids is 1. The first kappa shape index (κ1) is 29.8. The molecule has 32 heavy (non-hydrogen) atoms. The first-order valence-corrected chi connectivity index (χ1v) is 10.2. The average Bonchev–Trinajstić information content (AvgIpc) is 2.74. The molecule has 0 aliphatic heterocycles. The van der Waals surface area contributed by atoms with Crippen LogP contribution >= 0.6 is 23.2 Å². The van der Waals surface area contributed by atoms with Crippen molar-refractivity contribution in [3.63, 3.8) is 0 Å². The van der Waals surface area contributed by atoms with Gasteiger partial charge in [0.25, 0.3) is 0 Å². The summed E-state index contributed by atoms with van der Waals surface area (Å²) in [6, 6.07) is 9.32. The Hall–Kier alpha value is -2.17. The molecule has 1 atom stereocenters. The maximum Gasteiger partial charge on any atom is 0.416 e. The monoisotopic (exact) mass is 495 g/mol. The normalized spacial score (nSPS) is 11.4. The number of halogens is 5. The molecule has 2 aromatic rings. The van der Waals surface area contributed by atoms with Crippen molar-refractivity contribution < 1.29 is 27.9 Å². The minimum absolute atomic E-state index is 0.0876. The molecule has 11 heteroatoms. The fourth-order valence-electron chi connectivity index (χ4n) is 2.20. The number of alkyl halides is 3. The van der Waals surface area contributed by atoms with Crippen molar-refractivity contribution in [2.75, 3.05) is 6.54 Å². The smallest absolute Gasteiger partial charge is 0.416 e. The number of benzene rings is 2. The summed E-state index contributed by atoms with van der Waals surface area (Å²) in [7, 11) is 0. The molecule has 7 N–H and O–H groups in total. The molecule has 0 radical (unpaired) electrons. The summed E-state index contributed by atoms with van der Waals surface area (Å²) in [5.74, 6) is -0.933. The molecule has 0 amide bonds. The summed E-state index contributed by atoms with van der Waals surface area (Å²) in [6.45, 7) is 0.516. The van der Waals surface area contributed by atoms with Gasteiger partial charge in [-0.05, 0) is 49.2 Å².